The number of benzene rings is 1. The molecule has 1 unspecified atom stereocenters. The van der Waals surface area contributed by atoms with Crippen molar-refractivity contribution in [2.75, 3.05) is 6.54 Å². The zero-order valence-corrected chi connectivity index (χ0v) is 20.5. The number of aliphatic carboxylic acids is 1. The van der Waals surface area contributed by atoms with Crippen molar-refractivity contribution < 1.29 is 19.1 Å². The van der Waals surface area contributed by atoms with E-state index >= 15 is 4.39 Å². The van der Waals surface area contributed by atoms with E-state index in [0.29, 0.717) is 30.0 Å². The lowest BCUT2D eigenvalue weighted by Crippen LogP contribution is -2.44. The van der Waals surface area contributed by atoms with Gasteiger partial charge in [0.25, 0.3) is 5.91 Å². The first-order chi connectivity index (χ1) is 17.4. The minimum absolute atomic E-state index is 0.0702. The van der Waals surface area contributed by atoms with E-state index in [2.05, 4.69) is 17.0 Å². The van der Waals surface area contributed by atoms with Crippen LogP contribution in [0.3, 0.4) is 0 Å². The lowest BCUT2D eigenvalue weighted by molar-refractivity contribution is -0.131. The van der Waals surface area contributed by atoms with Crippen LogP contribution in [0.1, 0.15) is 67.7 Å². The molecular weight excluding hydrogens is 459 g/mol. The fraction of sp³-hybridized carbons (Fsp3) is 0.357. The van der Waals surface area contributed by atoms with E-state index in [9.17, 15) is 9.59 Å². The summed E-state index contributed by atoms with van der Waals surface area (Å²) < 4.78 is 16.8. The standard InChI is InChI=1S/C28H29FN4O3/c1-3-20-15-24(28(36)32-14-13-18-7-4-5-9-21(18)17(32)2)30-25-16-23(31-33(20)25)22-10-6-8-19(27(22)29)11-12-26(34)35/h6,8,10-12,15-17H,3-5,7,9,13-14H2,1-2H3,(H,34,35)/b12-11+. The summed E-state index contributed by atoms with van der Waals surface area (Å²) >= 11 is 0. The molecular formula is C28H29FN4O3. The third kappa shape index (κ3) is 4.32. The first-order valence-electron chi connectivity index (χ1n) is 12.5. The van der Waals surface area contributed by atoms with E-state index in [1.54, 1.807) is 28.8 Å². The third-order valence-electron chi connectivity index (χ3n) is 7.31. The van der Waals surface area contributed by atoms with Gasteiger partial charge in [0, 0.05) is 35.5 Å². The molecule has 3 aromatic rings. The number of halogens is 1. The number of rotatable bonds is 5. The smallest absolute Gasteiger partial charge is 0.328 e. The Hall–Kier alpha value is -3.81. The Morgan fingerprint density at radius 3 is 2.78 bits per heavy atom. The molecule has 1 aliphatic heterocycles. The van der Waals surface area contributed by atoms with Gasteiger partial charge in [0.15, 0.2) is 5.65 Å². The maximum atomic E-state index is 15.2. The highest BCUT2D eigenvalue weighted by Gasteiger charge is 2.32. The molecule has 36 heavy (non-hydrogen) atoms. The molecule has 3 heterocycles. The van der Waals surface area contributed by atoms with Gasteiger partial charge in [-0.1, -0.05) is 24.6 Å². The summed E-state index contributed by atoms with van der Waals surface area (Å²) in [6.07, 6.45) is 8.29. The first-order valence-corrected chi connectivity index (χ1v) is 12.5. The maximum Gasteiger partial charge on any atom is 0.328 e. The fourth-order valence-electron chi connectivity index (χ4n) is 5.41. The summed E-state index contributed by atoms with van der Waals surface area (Å²) in [6, 6.07) is 8.28. The number of carbonyl (C=O) groups is 2. The fourth-order valence-corrected chi connectivity index (χ4v) is 5.41. The lowest BCUT2D eigenvalue weighted by Gasteiger charge is -2.39. The molecule has 1 atom stereocenters. The monoisotopic (exact) mass is 488 g/mol. The molecule has 7 nitrogen and oxygen atoms in total. The van der Waals surface area contributed by atoms with E-state index < -0.39 is 11.8 Å². The Morgan fingerprint density at radius 2 is 2.00 bits per heavy atom. The second kappa shape index (κ2) is 9.68. The highest BCUT2D eigenvalue weighted by molar-refractivity contribution is 5.93. The molecule has 1 amide bonds. The van der Waals surface area contributed by atoms with Crippen LogP contribution < -0.4 is 0 Å². The van der Waals surface area contributed by atoms with Crippen molar-refractivity contribution in [1.29, 1.82) is 0 Å². The van der Waals surface area contributed by atoms with Gasteiger partial charge < -0.3 is 10.0 Å². The van der Waals surface area contributed by atoms with Crippen molar-refractivity contribution in [1.82, 2.24) is 19.5 Å². The number of amides is 1. The topological polar surface area (TPSA) is 87.8 Å². The van der Waals surface area contributed by atoms with Crippen LogP contribution in [0, 0.1) is 5.82 Å². The molecule has 1 N–H and O–H groups in total. The van der Waals surface area contributed by atoms with Crippen molar-refractivity contribution >= 4 is 23.6 Å². The van der Waals surface area contributed by atoms with Gasteiger partial charge in [-0.05, 0) is 69.2 Å². The number of aromatic nitrogens is 3. The van der Waals surface area contributed by atoms with Crippen molar-refractivity contribution in [2.24, 2.45) is 0 Å². The normalized spacial score (nSPS) is 18.2. The number of carbonyl (C=O) groups excluding carboxylic acids is 1. The molecule has 1 aromatic carbocycles. The number of hydrogen-bond acceptors (Lipinski definition) is 4. The Morgan fingerprint density at radius 1 is 1.19 bits per heavy atom. The predicted octanol–water partition coefficient (Wildman–Crippen LogP) is 5.30. The van der Waals surface area contributed by atoms with Gasteiger partial charge in [0.05, 0.1) is 11.7 Å². The summed E-state index contributed by atoms with van der Waals surface area (Å²) in [5, 5.41) is 13.5. The number of hydrogen-bond donors (Lipinski definition) is 1. The average Bonchev–Trinajstić information content (AvgIpc) is 3.31. The molecule has 1 aliphatic carbocycles. The highest BCUT2D eigenvalue weighted by atomic mass is 19.1. The van der Waals surface area contributed by atoms with Crippen molar-refractivity contribution in [3.8, 4) is 11.3 Å². The average molecular weight is 489 g/mol. The van der Waals surface area contributed by atoms with Crippen LogP contribution in [0.5, 0.6) is 0 Å². The Bertz CT molecular complexity index is 1420. The summed E-state index contributed by atoms with van der Waals surface area (Å²) in [4.78, 5) is 31.0. The van der Waals surface area contributed by atoms with Crippen molar-refractivity contribution in [3.63, 3.8) is 0 Å². The molecule has 2 aromatic heterocycles. The van der Waals surface area contributed by atoms with Crippen molar-refractivity contribution in [2.45, 2.75) is 58.4 Å². The molecule has 8 heteroatoms. The molecule has 0 saturated heterocycles. The minimum atomic E-state index is -1.15. The lowest BCUT2D eigenvalue weighted by atomic mass is 9.83. The minimum Gasteiger partial charge on any atom is -0.478 e. The largest absolute Gasteiger partial charge is 0.478 e. The zero-order chi connectivity index (χ0) is 25.4. The molecule has 0 radical (unpaired) electrons. The predicted molar refractivity (Wildman–Crippen MR) is 135 cm³/mol. The van der Waals surface area contributed by atoms with E-state index in [1.807, 2.05) is 11.8 Å². The van der Waals surface area contributed by atoms with Crippen molar-refractivity contribution in [3.05, 3.63) is 70.3 Å². The van der Waals surface area contributed by atoms with Crippen LogP contribution >= 0.6 is 0 Å². The van der Waals surface area contributed by atoms with Crippen LogP contribution in [-0.2, 0) is 11.2 Å². The van der Waals surface area contributed by atoms with E-state index in [4.69, 9.17) is 5.11 Å². The van der Waals surface area contributed by atoms with Gasteiger partial charge in [-0.3, -0.25) is 4.79 Å². The third-order valence-corrected chi connectivity index (χ3v) is 7.31. The second-order valence-electron chi connectivity index (χ2n) is 9.43. The molecule has 0 saturated carbocycles. The number of aryl methyl sites for hydroxylation is 1. The molecule has 0 fully saturated rings. The number of carboxylic acids is 1. The number of nitrogens with zero attached hydrogens (tertiary/aromatic N) is 4. The molecule has 0 bridgehead atoms. The summed E-state index contributed by atoms with van der Waals surface area (Å²) in [7, 11) is 0. The molecule has 0 spiro atoms. The van der Waals surface area contributed by atoms with Gasteiger partial charge in [-0.2, -0.15) is 5.10 Å². The Kier molecular flexibility index (Phi) is 6.43. The van der Waals surface area contributed by atoms with Gasteiger partial charge in [0.1, 0.15) is 11.5 Å². The van der Waals surface area contributed by atoms with Crippen LogP contribution in [0.4, 0.5) is 4.39 Å². The van der Waals surface area contributed by atoms with Crippen LogP contribution in [0.15, 0.2) is 47.6 Å². The summed E-state index contributed by atoms with van der Waals surface area (Å²) in [5.74, 6) is -1.81. The van der Waals surface area contributed by atoms with Crippen LogP contribution in [0.25, 0.3) is 23.0 Å². The second-order valence-corrected chi connectivity index (χ2v) is 9.43. The van der Waals surface area contributed by atoms with Gasteiger partial charge in [-0.25, -0.2) is 18.7 Å². The highest BCUT2D eigenvalue weighted by Crippen LogP contribution is 2.35. The first kappa shape index (κ1) is 23.9. The van der Waals surface area contributed by atoms with Gasteiger partial charge in [-0.15, -0.1) is 0 Å². The SMILES string of the molecule is CCc1cc(C(=O)N2CCC3=C(CCCC3)C2C)nc2cc(-c3cccc(/C=C/C(=O)O)c3F)nn12. The number of fused-ring (bicyclic) bond motifs is 1. The number of carboxylic acid groups (broad SMARTS) is 1. The van der Waals surface area contributed by atoms with E-state index in [0.717, 1.165) is 31.0 Å². The quantitative estimate of drug-likeness (QED) is 0.389. The van der Waals surface area contributed by atoms with E-state index in [-0.39, 0.29) is 23.1 Å². The Balaban J connectivity index is 1.51. The van der Waals surface area contributed by atoms with E-state index in [1.165, 1.54) is 36.1 Å². The van der Waals surface area contributed by atoms with Crippen LogP contribution in [0.2, 0.25) is 0 Å². The van der Waals surface area contributed by atoms with Gasteiger partial charge >= 0.3 is 5.97 Å². The molecule has 5 rings (SSSR count). The van der Waals surface area contributed by atoms with Crippen LogP contribution in [-0.4, -0.2) is 49.1 Å². The molecule has 186 valence electrons. The zero-order valence-electron chi connectivity index (χ0n) is 20.5. The maximum absolute atomic E-state index is 15.2. The Labute approximate surface area is 209 Å². The molecule has 2 aliphatic rings. The summed E-state index contributed by atoms with van der Waals surface area (Å²) in [6.45, 7) is 4.78. The van der Waals surface area contributed by atoms with Gasteiger partial charge in [0.2, 0.25) is 0 Å². The summed E-state index contributed by atoms with van der Waals surface area (Å²) in [5.41, 5.74) is 5.35.